The molecule has 0 spiro atoms. The Morgan fingerprint density at radius 1 is 0.538 bits per heavy atom. The minimum absolute atomic E-state index is 0.252. The minimum atomic E-state index is -0.290. The van der Waals surface area contributed by atoms with Crippen LogP contribution < -0.4 is 0 Å². The number of benzene rings is 2. The van der Waals surface area contributed by atoms with Gasteiger partial charge in [-0.3, -0.25) is 0 Å². The van der Waals surface area contributed by atoms with Crippen molar-refractivity contribution >= 4 is 0 Å². The van der Waals surface area contributed by atoms with E-state index in [9.17, 15) is 10.2 Å². The maximum atomic E-state index is 10.8. The van der Waals surface area contributed by atoms with Crippen molar-refractivity contribution in [3.05, 3.63) is 71.8 Å². The molecular weight excluding hydrogens is 320 g/mol. The first-order valence-corrected chi connectivity index (χ1v) is 10.2. The van der Waals surface area contributed by atoms with Crippen LogP contribution in [0.1, 0.15) is 61.5 Å². The topological polar surface area (TPSA) is 40.5 Å². The van der Waals surface area contributed by atoms with Crippen molar-refractivity contribution in [1.29, 1.82) is 0 Å². The van der Waals surface area contributed by atoms with E-state index in [1.807, 2.05) is 12.1 Å². The number of hydrogen-bond donors (Lipinski definition) is 2. The highest BCUT2D eigenvalue weighted by Crippen LogP contribution is 2.45. The van der Waals surface area contributed by atoms with Gasteiger partial charge in [0.15, 0.2) is 0 Å². The zero-order chi connectivity index (χ0) is 17.9. The predicted octanol–water partition coefficient (Wildman–Crippen LogP) is 4.88. The van der Waals surface area contributed by atoms with Crippen molar-refractivity contribution in [1.82, 2.24) is 0 Å². The normalized spacial score (nSPS) is 35.2. The molecule has 0 heterocycles. The van der Waals surface area contributed by atoms with Gasteiger partial charge >= 0.3 is 0 Å². The number of rotatable bonds is 3. The van der Waals surface area contributed by atoms with Crippen LogP contribution in [-0.4, -0.2) is 22.4 Å². The molecule has 2 saturated carbocycles. The number of aliphatic hydroxyl groups is 2. The van der Waals surface area contributed by atoms with Crippen molar-refractivity contribution < 1.29 is 10.2 Å². The standard InChI is InChI=1S/C24H30O2/c25-23-15-19(17-7-3-1-4-8-17)11-13-21(23)22-14-12-20(16-24(22)26)18-9-5-2-6-10-18/h1-10,19-26H,11-16H2. The summed E-state index contributed by atoms with van der Waals surface area (Å²) in [4.78, 5) is 0. The van der Waals surface area contributed by atoms with Crippen LogP contribution in [0.4, 0.5) is 0 Å². The molecule has 2 N–H and O–H groups in total. The summed E-state index contributed by atoms with van der Waals surface area (Å²) in [5.41, 5.74) is 2.69. The molecule has 0 amide bonds. The fourth-order valence-electron chi connectivity index (χ4n) is 5.40. The molecule has 2 aromatic rings. The molecular formula is C24H30O2. The van der Waals surface area contributed by atoms with Crippen LogP contribution in [0, 0.1) is 11.8 Å². The summed E-state index contributed by atoms with van der Waals surface area (Å²) in [5.74, 6) is 1.42. The third kappa shape index (κ3) is 3.72. The second-order valence-electron chi connectivity index (χ2n) is 8.30. The SMILES string of the molecule is OC1CC(c2ccccc2)CCC1C1CCC(c2ccccc2)CC1O. The Labute approximate surface area is 156 Å². The monoisotopic (exact) mass is 350 g/mol. The van der Waals surface area contributed by atoms with Crippen LogP contribution in [0.3, 0.4) is 0 Å². The van der Waals surface area contributed by atoms with Crippen molar-refractivity contribution in [2.75, 3.05) is 0 Å². The van der Waals surface area contributed by atoms with Crippen molar-refractivity contribution in [2.24, 2.45) is 11.8 Å². The summed E-state index contributed by atoms with van der Waals surface area (Å²) in [5, 5.41) is 21.7. The molecule has 4 rings (SSSR count). The summed E-state index contributed by atoms with van der Waals surface area (Å²) >= 11 is 0. The van der Waals surface area contributed by atoms with E-state index < -0.39 is 0 Å². The molecule has 26 heavy (non-hydrogen) atoms. The predicted molar refractivity (Wildman–Crippen MR) is 105 cm³/mol. The van der Waals surface area contributed by atoms with Gasteiger partial charge < -0.3 is 10.2 Å². The molecule has 0 saturated heterocycles. The van der Waals surface area contributed by atoms with E-state index in [1.165, 1.54) is 11.1 Å². The third-order valence-electron chi connectivity index (χ3n) is 6.83. The third-order valence-corrected chi connectivity index (χ3v) is 6.83. The second-order valence-corrected chi connectivity index (χ2v) is 8.30. The van der Waals surface area contributed by atoms with Gasteiger partial charge in [-0.1, -0.05) is 60.7 Å². The Balaban J connectivity index is 1.38. The van der Waals surface area contributed by atoms with Crippen molar-refractivity contribution in [2.45, 2.75) is 62.6 Å². The Hall–Kier alpha value is -1.64. The van der Waals surface area contributed by atoms with Crippen LogP contribution in [0.25, 0.3) is 0 Å². The van der Waals surface area contributed by atoms with Gasteiger partial charge in [0, 0.05) is 0 Å². The highest BCUT2D eigenvalue weighted by molar-refractivity contribution is 5.22. The van der Waals surface area contributed by atoms with E-state index >= 15 is 0 Å². The Bertz CT molecular complexity index is 622. The average molecular weight is 351 g/mol. The largest absolute Gasteiger partial charge is 0.393 e. The summed E-state index contributed by atoms with van der Waals surface area (Å²) in [7, 11) is 0. The molecule has 2 fully saturated rings. The molecule has 0 aromatic heterocycles. The number of hydrogen-bond acceptors (Lipinski definition) is 2. The quantitative estimate of drug-likeness (QED) is 0.828. The highest BCUT2D eigenvalue weighted by Gasteiger charge is 2.40. The molecule has 2 nitrogen and oxygen atoms in total. The van der Waals surface area contributed by atoms with E-state index in [0.717, 1.165) is 38.5 Å². The smallest absolute Gasteiger partial charge is 0.0577 e. The molecule has 6 unspecified atom stereocenters. The van der Waals surface area contributed by atoms with Gasteiger partial charge in [0.05, 0.1) is 12.2 Å². The fourth-order valence-corrected chi connectivity index (χ4v) is 5.40. The highest BCUT2D eigenvalue weighted by atomic mass is 16.3. The van der Waals surface area contributed by atoms with E-state index in [1.54, 1.807) is 0 Å². The van der Waals surface area contributed by atoms with Crippen molar-refractivity contribution in [3.8, 4) is 0 Å². The first-order valence-electron chi connectivity index (χ1n) is 10.2. The molecule has 0 bridgehead atoms. The van der Waals surface area contributed by atoms with Gasteiger partial charge in [0.2, 0.25) is 0 Å². The molecule has 2 aromatic carbocycles. The van der Waals surface area contributed by atoms with Gasteiger partial charge in [0.25, 0.3) is 0 Å². The van der Waals surface area contributed by atoms with E-state index in [-0.39, 0.29) is 24.0 Å². The van der Waals surface area contributed by atoms with Gasteiger partial charge in [-0.25, -0.2) is 0 Å². The fraction of sp³-hybridized carbons (Fsp3) is 0.500. The summed E-state index contributed by atoms with van der Waals surface area (Å²) < 4.78 is 0. The molecule has 2 aliphatic carbocycles. The van der Waals surface area contributed by atoms with Crippen LogP contribution >= 0.6 is 0 Å². The van der Waals surface area contributed by atoms with Crippen LogP contribution in [0.15, 0.2) is 60.7 Å². The van der Waals surface area contributed by atoms with E-state index in [4.69, 9.17) is 0 Å². The van der Waals surface area contributed by atoms with E-state index in [2.05, 4.69) is 48.5 Å². The maximum absolute atomic E-state index is 10.8. The first kappa shape index (κ1) is 17.8. The zero-order valence-electron chi connectivity index (χ0n) is 15.4. The Morgan fingerprint density at radius 2 is 0.923 bits per heavy atom. The molecule has 0 radical (unpaired) electrons. The molecule has 0 aliphatic heterocycles. The minimum Gasteiger partial charge on any atom is -0.393 e. The summed E-state index contributed by atoms with van der Waals surface area (Å²) in [6, 6.07) is 21.2. The Morgan fingerprint density at radius 3 is 1.27 bits per heavy atom. The Kier molecular flexibility index (Phi) is 5.42. The van der Waals surface area contributed by atoms with Gasteiger partial charge in [-0.05, 0) is 73.3 Å². The zero-order valence-corrected chi connectivity index (χ0v) is 15.4. The molecule has 138 valence electrons. The maximum Gasteiger partial charge on any atom is 0.0577 e. The lowest BCUT2D eigenvalue weighted by molar-refractivity contribution is -0.0403. The lowest BCUT2D eigenvalue weighted by atomic mass is 9.65. The van der Waals surface area contributed by atoms with E-state index in [0.29, 0.717) is 11.8 Å². The number of aliphatic hydroxyl groups excluding tert-OH is 2. The van der Waals surface area contributed by atoms with Crippen LogP contribution in [-0.2, 0) is 0 Å². The van der Waals surface area contributed by atoms with Crippen molar-refractivity contribution in [3.63, 3.8) is 0 Å². The van der Waals surface area contributed by atoms with Crippen LogP contribution in [0.2, 0.25) is 0 Å². The lowest BCUT2D eigenvalue weighted by Gasteiger charge is -2.43. The second kappa shape index (κ2) is 7.94. The lowest BCUT2D eigenvalue weighted by Crippen LogP contribution is -2.41. The summed E-state index contributed by atoms with van der Waals surface area (Å²) in [6.07, 6.45) is 5.38. The van der Waals surface area contributed by atoms with Gasteiger partial charge in [-0.15, -0.1) is 0 Å². The average Bonchev–Trinajstić information content (AvgIpc) is 2.69. The van der Waals surface area contributed by atoms with Gasteiger partial charge in [-0.2, -0.15) is 0 Å². The first-order chi connectivity index (χ1) is 12.7. The molecule has 2 aliphatic rings. The molecule has 2 heteroatoms. The van der Waals surface area contributed by atoms with Gasteiger partial charge in [0.1, 0.15) is 0 Å². The summed E-state index contributed by atoms with van der Waals surface area (Å²) in [6.45, 7) is 0. The van der Waals surface area contributed by atoms with Crippen LogP contribution in [0.5, 0.6) is 0 Å². The molecule has 6 atom stereocenters.